The van der Waals surface area contributed by atoms with Crippen LogP contribution in [0.5, 0.6) is 11.5 Å². The number of aromatic nitrogens is 2. The van der Waals surface area contributed by atoms with Crippen LogP contribution in [0.25, 0.3) is 10.9 Å². The van der Waals surface area contributed by atoms with E-state index in [1.807, 2.05) is 24.3 Å². The highest BCUT2D eigenvalue weighted by atomic mass is 16.6. The third-order valence-electron chi connectivity index (χ3n) is 7.59. The largest absolute Gasteiger partial charge is 0.493 e. The van der Waals surface area contributed by atoms with Crippen molar-refractivity contribution in [2.24, 2.45) is 5.73 Å². The molecular weight excluding hydrogens is 516 g/mol. The van der Waals surface area contributed by atoms with E-state index in [1.54, 1.807) is 27.7 Å². The van der Waals surface area contributed by atoms with Crippen molar-refractivity contribution in [2.75, 3.05) is 36.5 Å². The molecule has 3 atom stereocenters. The van der Waals surface area contributed by atoms with Gasteiger partial charge in [0, 0.05) is 37.7 Å². The maximum absolute atomic E-state index is 12.8. The molecule has 1 saturated heterocycles. The number of ether oxygens (including phenoxy) is 3. The summed E-state index contributed by atoms with van der Waals surface area (Å²) in [7, 11) is 0. The Labute approximate surface area is 230 Å². The first-order chi connectivity index (χ1) is 19.5. The summed E-state index contributed by atoms with van der Waals surface area (Å²) in [6.07, 6.45) is 2.25. The fourth-order valence-electron chi connectivity index (χ4n) is 5.64. The molecule has 210 valence electrons. The predicted molar refractivity (Wildman–Crippen MR) is 148 cm³/mol. The second-order valence-corrected chi connectivity index (χ2v) is 10.2. The van der Waals surface area contributed by atoms with Gasteiger partial charge in [0.1, 0.15) is 17.7 Å². The van der Waals surface area contributed by atoms with Gasteiger partial charge in [-0.15, -0.1) is 0 Å². The Kier molecular flexibility index (Phi) is 7.27. The molecule has 0 bridgehead atoms. The molecule has 6 rings (SSSR count). The Balaban J connectivity index is 1.09. The zero-order valence-corrected chi connectivity index (χ0v) is 22.0. The van der Waals surface area contributed by atoms with Crippen molar-refractivity contribution in [2.45, 2.75) is 50.4 Å². The van der Waals surface area contributed by atoms with Crippen LogP contribution in [0.4, 0.5) is 16.4 Å². The number of benzene rings is 1. The number of hydrogen-bond acceptors (Lipinski definition) is 9. The molecule has 2 amide bonds. The zero-order chi connectivity index (χ0) is 27.6. The number of nitrogens with one attached hydrogen (secondary N) is 2. The maximum Gasteiger partial charge on any atom is 0.416 e. The molecule has 1 aliphatic carbocycles. The van der Waals surface area contributed by atoms with E-state index in [0.29, 0.717) is 55.8 Å². The van der Waals surface area contributed by atoms with Gasteiger partial charge in [-0.05, 0) is 61.5 Å². The van der Waals surface area contributed by atoms with Crippen LogP contribution in [0, 0.1) is 0 Å². The minimum Gasteiger partial charge on any atom is -0.493 e. The van der Waals surface area contributed by atoms with Gasteiger partial charge in [0.25, 0.3) is 11.5 Å². The normalized spacial score (nSPS) is 21.8. The summed E-state index contributed by atoms with van der Waals surface area (Å²) in [5.41, 5.74) is 6.31. The summed E-state index contributed by atoms with van der Waals surface area (Å²) in [5, 5.41) is 7.20. The quantitative estimate of drug-likeness (QED) is 0.341. The molecule has 3 aliphatic rings. The molecule has 1 saturated carbocycles. The lowest BCUT2D eigenvalue weighted by atomic mass is 9.88. The van der Waals surface area contributed by atoms with Gasteiger partial charge in [-0.3, -0.25) is 14.5 Å². The minimum absolute atomic E-state index is 0.0569. The molecule has 0 radical (unpaired) electrons. The van der Waals surface area contributed by atoms with Gasteiger partial charge in [0.05, 0.1) is 18.2 Å². The highest BCUT2D eigenvalue weighted by Crippen LogP contribution is 2.37. The molecule has 12 heteroatoms. The minimum atomic E-state index is -0.446. The molecule has 2 aromatic heterocycles. The van der Waals surface area contributed by atoms with Gasteiger partial charge in [-0.1, -0.05) is 0 Å². The van der Waals surface area contributed by atoms with E-state index in [2.05, 4.69) is 15.6 Å². The third kappa shape index (κ3) is 5.19. The summed E-state index contributed by atoms with van der Waals surface area (Å²) in [6.45, 7) is 2.11. The van der Waals surface area contributed by atoms with E-state index in [9.17, 15) is 14.4 Å². The van der Waals surface area contributed by atoms with Crippen LogP contribution < -0.4 is 36.3 Å². The number of fused-ring (bicyclic) bond motifs is 3. The van der Waals surface area contributed by atoms with Crippen molar-refractivity contribution in [1.82, 2.24) is 14.9 Å². The van der Waals surface area contributed by atoms with E-state index in [-0.39, 0.29) is 36.3 Å². The van der Waals surface area contributed by atoms with Gasteiger partial charge < -0.3 is 35.1 Å². The molecule has 12 nitrogen and oxygen atoms in total. The number of hydrogen-bond donors (Lipinski definition) is 3. The van der Waals surface area contributed by atoms with Crippen molar-refractivity contribution in [3.8, 4) is 11.5 Å². The molecule has 2 fully saturated rings. The summed E-state index contributed by atoms with van der Waals surface area (Å²) < 4.78 is 18.7. The summed E-state index contributed by atoms with van der Waals surface area (Å²) in [6, 6.07) is 12.6. The first-order valence-corrected chi connectivity index (χ1v) is 13.6. The summed E-state index contributed by atoms with van der Waals surface area (Å²) >= 11 is 0. The van der Waals surface area contributed by atoms with Crippen LogP contribution >= 0.6 is 0 Å². The number of nitrogens with two attached hydrogens (primary N) is 1. The Morgan fingerprint density at radius 1 is 1.12 bits per heavy atom. The number of rotatable bonds is 9. The number of carbonyl (C=O) groups excluding carboxylic acids is 2. The van der Waals surface area contributed by atoms with Gasteiger partial charge in [0.15, 0.2) is 18.2 Å². The Hall–Kier alpha value is -4.16. The monoisotopic (exact) mass is 548 g/mol. The smallest absolute Gasteiger partial charge is 0.416 e. The topological polar surface area (TPSA) is 150 Å². The fraction of sp³-hybridized carbons (Fsp3) is 0.429. The number of nitrogens with zero attached hydrogens (tertiary/aromatic N) is 3. The van der Waals surface area contributed by atoms with E-state index < -0.39 is 6.09 Å². The standard InChI is InChI=1S/C28H32N6O6/c29-10-1-13-38-19-5-2-17-3-9-26(36)33(21(17)15-19)12-11-30-18-4-6-20-23(14-18)40-28(37)34(20)24-8-7-22-27(31-24)32-25(35)16-39-22/h2-3,5,7-9,15,18,20,23,30H,1,4,6,10-14,16,29H2,(H,31,32,35)/t18-,20-,23-/m1/s1. The second kappa shape index (κ2) is 11.1. The molecule has 1 aromatic carbocycles. The van der Waals surface area contributed by atoms with E-state index in [4.69, 9.17) is 19.9 Å². The number of anilines is 2. The highest BCUT2D eigenvalue weighted by molar-refractivity contribution is 5.95. The molecule has 4 heterocycles. The van der Waals surface area contributed by atoms with E-state index in [0.717, 1.165) is 30.2 Å². The SMILES string of the molecule is NCCCOc1ccc2ccc(=O)n(CCN[C@@H]3CC[C@@H]4[C@@H](C3)OC(=O)N4c3ccc4c(n3)NC(=O)CO4)c2c1. The Bertz CT molecular complexity index is 1490. The van der Waals surface area contributed by atoms with Gasteiger partial charge >= 0.3 is 6.09 Å². The average Bonchev–Trinajstić information content (AvgIpc) is 3.28. The third-order valence-corrected chi connectivity index (χ3v) is 7.59. The lowest BCUT2D eigenvalue weighted by molar-refractivity contribution is -0.118. The average molecular weight is 549 g/mol. The number of pyridine rings is 2. The van der Waals surface area contributed by atoms with Crippen molar-refractivity contribution in [1.29, 1.82) is 0 Å². The summed E-state index contributed by atoms with van der Waals surface area (Å²) in [4.78, 5) is 43.3. The predicted octanol–water partition coefficient (Wildman–Crippen LogP) is 1.99. The van der Waals surface area contributed by atoms with Crippen molar-refractivity contribution < 1.29 is 23.8 Å². The lowest BCUT2D eigenvalue weighted by Crippen LogP contribution is -2.46. The Morgan fingerprint density at radius 3 is 2.88 bits per heavy atom. The van der Waals surface area contributed by atoms with Crippen molar-refractivity contribution >= 4 is 34.5 Å². The van der Waals surface area contributed by atoms with Crippen molar-refractivity contribution in [3.63, 3.8) is 0 Å². The molecule has 3 aromatic rings. The fourth-order valence-corrected chi connectivity index (χ4v) is 5.64. The molecule has 4 N–H and O–H groups in total. The highest BCUT2D eigenvalue weighted by Gasteiger charge is 2.46. The molecule has 40 heavy (non-hydrogen) atoms. The molecule has 0 unspecified atom stereocenters. The van der Waals surface area contributed by atoms with Gasteiger partial charge in [-0.25, -0.2) is 9.78 Å². The number of amides is 2. The molecule has 2 aliphatic heterocycles. The Morgan fingerprint density at radius 2 is 2.00 bits per heavy atom. The van der Waals surface area contributed by atoms with Crippen molar-refractivity contribution in [3.05, 3.63) is 52.8 Å². The van der Waals surface area contributed by atoms with E-state index in [1.165, 1.54) is 0 Å². The summed E-state index contributed by atoms with van der Waals surface area (Å²) in [5.74, 6) is 1.63. The maximum atomic E-state index is 12.8. The van der Waals surface area contributed by atoms with Gasteiger partial charge in [0.2, 0.25) is 0 Å². The number of carbonyl (C=O) groups is 2. The lowest BCUT2D eigenvalue weighted by Gasteiger charge is -2.33. The van der Waals surface area contributed by atoms with Crippen LogP contribution in [-0.4, -0.2) is 66.0 Å². The van der Waals surface area contributed by atoms with Crippen LogP contribution in [0.15, 0.2) is 47.3 Å². The first-order valence-electron chi connectivity index (χ1n) is 13.6. The molecule has 0 spiro atoms. The van der Waals surface area contributed by atoms with E-state index >= 15 is 0 Å². The van der Waals surface area contributed by atoms with Crippen LogP contribution in [-0.2, 0) is 16.1 Å². The van der Waals surface area contributed by atoms with Gasteiger partial charge in [-0.2, -0.15) is 0 Å². The molecular formula is C28H32N6O6. The first kappa shape index (κ1) is 26.1. The van der Waals surface area contributed by atoms with Crippen LogP contribution in [0.2, 0.25) is 0 Å². The zero-order valence-electron chi connectivity index (χ0n) is 22.0. The van der Waals surface area contributed by atoms with Crippen LogP contribution in [0.1, 0.15) is 25.7 Å². The second-order valence-electron chi connectivity index (χ2n) is 10.2. The van der Waals surface area contributed by atoms with Crippen LogP contribution in [0.3, 0.4) is 0 Å².